The summed E-state index contributed by atoms with van der Waals surface area (Å²) >= 11 is 2.00. The Morgan fingerprint density at radius 2 is 1.69 bits per heavy atom. The zero-order valence-corrected chi connectivity index (χ0v) is 11.7. The van der Waals surface area contributed by atoms with Crippen molar-refractivity contribution in [3.63, 3.8) is 0 Å². The van der Waals surface area contributed by atoms with E-state index in [0.717, 1.165) is 5.25 Å². The highest BCUT2D eigenvalue weighted by atomic mass is 32.2. The lowest BCUT2D eigenvalue weighted by atomic mass is 9.94. The van der Waals surface area contributed by atoms with Gasteiger partial charge in [0.05, 0.1) is 6.04 Å². The second-order valence-electron chi connectivity index (χ2n) is 4.50. The fourth-order valence-electron chi connectivity index (χ4n) is 2.42. The van der Waals surface area contributed by atoms with Crippen LogP contribution in [-0.2, 0) is 9.47 Å². The van der Waals surface area contributed by atoms with Crippen LogP contribution >= 0.6 is 11.8 Å². The molecule has 4 heteroatoms. The van der Waals surface area contributed by atoms with Crippen LogP contribution in [0.4, 0.5) is 0 Å². The molecule has 1 atom stereocenters. The average molecular weight is 247 g/mol. The van der Waals surface area contributed by atoms with E-state index in [9.17, 15) is 0 Å². The topological polar surface area (TPSA) is 30.5 Å². The van der Waals surface area contributed by atoms with E-state index in [1.165, 1.54) is 25.7 Å². The molecule has 3 nitrogen and oxygen atoms in total. The molecule has 1 saturated carbocycles. The summed E-state index contributed by atoms with van der Waals surface area (Å²) in [6, 6.07) is 0.886. The molecule has 0 radical (unpaired) electrons. The lowest BCUT2D eigenvalue weighted by molar-refractivity contribution is -0.121. The van der Waals surface area contributed by atoms with Crippen LogP contribution in [0.2, 0.25) is 0 Å². The third-order valence-electron chi connectivity index (χ3n) is 3.38. The summed E-state index contributed by atoms with van der Waals surface area (Å²) < 4.78 is 10.5. The Kier molecular flexibility index (Phi) is 6.73. The maximum atomic E-state index is 5.26. The molecule has 96 valence electrons. The summed E-state index contributed by atoms with van der Waals surface area (Å²) in [5.74, 6) is 0. The van der Waals surface area contributed by atoms with Gasteiger partial charge in [-0.3, -0.25) is 0 Å². The van der Waals surface area contributed by atoms with Gasteiger partial charge in [0, 0.05) is 25.5 Å². The molecule has 0 bridgehead atoms. The van der Waals surface area contributed by atoms with Gasteiger partial charge in [-0.25, -0.2) is 0 Å². The van der Waals surface area contributed by atoms with E-state index in [1.807, 2.05) is 11.8 Å². The van der Waals surface area contributed by atoms with Crippen molar-refractivity contribution in [2.24, 2.45) is 0 Å². The third-order valence-corrected chi connectivity index (χ3v) is 4.52. The van der Waals surface area contributed by atoms with Gasteiger partial charge >= 0.3 is 0 Å². The third kappa shape index (κ3) is 4.24. The Morgan fingerprint density at radius 3 is 2.12 bits per heavy atom. The molecule has 1 aliphatic carbocycles. The van der Waals surface area contributed by atoms with Gasteiger partial charge in [0.15, 0.2) is 6.29 Å². The van der Waals surface area contributed by atoms with Crippen molar-refractivity contribution in [2.45, 2.75) is 56.2 Å². The first-order valence-electron chi connectivity index (χ1n) is 6.05. The van der Waals surface area contributed by atoms with Crippen LogP contribution < -0.4 is 5.32 Å². The molecule has 1 unspecified atom stereocenters. The number of ether oxygens (including phenoxy) is 2. The van der Waals surface area contributed by atoms with Crippen LogP contribution in [0.1, 0.15) is 32.6 Å². The Labute approximate surface area is 104 Å². The molecule has 1 rings (SSSR count). The van der Waals surface area contributed by atoms with Gasteiger partial charge in [0.1, 0.15) is 0 Å². The predicted octanol–water partition coefficient (Wildman–Crippen LogP) is 2.26. The van der Waals surface area contributed by atoms with Crippen molar-refractivity contribution in [1.29, 1.82) is 0 Å². The number of thioether (sulfide) groups is 1. The molecule has 0 spiro atoms. The lowest BCUT2D eigenvalue weighted by Crippen LogP contribution is -2.46. The summed E-state index contributed by atoms with van der Waals surface area (Å²) in [6.07, 6.45) is 7.28. The summed E-state index contributed by atoms with van der Waals surface area (Å²) in [7, 11) is 3.38. The predicted molar refractivity (Wildman–Crippen MR) is 70.0 cm³/mol. The molecule has 16 heavy (non-hydrogen) atoms. The van der Waals surface area contributed by atoms with Crippen molar-refractivity contribution in [1.82, 2.24) is 5.32 Å². The number of methoxy groups -OCH3 is 2. The first-order chi connectivity index (χ1) is 7.71. The van der Waals surface area contributed by atoms with Crippen LogP contribution in [0.25, 0.3) is 0 Å². The smallest absolute Gasteiger partial charge is 0.171 e. The first-order valence-corrected chi connectivity index (χ1v) is 7.34. The summed E-state index contributed by atoms with van der Waals surface area (Å²) in [6.45, 7) is 2.12. The van der Waals surface area contributed by atoms with E-state index in [4.69, 9.17) is 9.47 Å². The van der Waals surface area contributed by atoms with Gasteiger partial charge < -0.3 is 14.8 Å². The standard InChI is InChI=1S/C12H25NO2S/c1-9(12(14-2)15-3)13-10-5-7-11(16-4)8-6-10/h9-13H,5-8H2,1-4H3. The number of hydrogen-bond donors (Lipinski definition) is 1. The number of nitrogens with one attached hydrogen (secondary N) is 1. The van der Waals surface area contributed by atoms with Crippen molar-refractivity contribution in [2.75, 3.05) is 20.5 Å². The van der Waals surface area contributed by atoms with E-state index in [2.05, 4.69) is 18.5 Å². The molecule has 0 aromatic heterocycles. The van der Waals surface area contributed by atoms with Crippen molar-refractivity contribution in [3.05, 3.63) is 0 Å². The van der Waals surface area contributed by atoms with Crippen molar-refractivity contribution < 1.29 is 9.47 Å². The molecular formula is C12H25NO2S. The van der Waals surface area contributed by atoms with E-state index in [0.29, 0.717) is 6.04 Å². The van der Waals surface area contributed by atoms with E-state index >= 15 is 0 Å². The van der Waals surface area contributed by atoms with Gasteiger partial charge in [-0.1, -0.05) is 0 Å². The van der Waals surface area contributed by atoms with Crippen molar-refractivity contribution >= 4 is 11.8 Å². The minimum Gasteiger partial charge on any atom is -0.354 e. The van der Waals surface area contributed by atoms with Crippen LogP contribution in [0, 0.1) is 0 Å². The van der Waals surface area contributed by atoms with E-state index < -0.39 is 0 Å². The molecule has 0 aliphatic heterocycles. The fraction of sp³-hybridized carbons (Fsp3) is 1.00. The zero-order chi connectivity index (χ0) is 12.0. The molecule has 0 aromatic carbocycles. The van der Waals surface area contributed by atoms with Gasteiger partial charge in [-0.05, 0) is 38.9 Å². The minimum absolute atomic E-state index is 0.140. The van der Waals surface area contributed by atoms with Gasteiger partial charge in [-0.2, -0.15) is 11.8 Å². The van der Waals surface area contributed by atoms with Gasteiger partial charge in [-0.15, -0.1) is 0 Å². The highest BCUT2D eigenvalue weighted by Crippen LogP contribution is 2.27. The molecule has 0 aromatic rings. The monoisotopic (exact) mass is 247 g/mol. The zero-order valence-electron chi connectivity index (χ0n) is 10.9. The Bertz CT molecular complexity index is 180. The molecule has 1 N–H and O–H groups in total. The van der Waals surface area contributed by atoms with Crippen molar-refractivity contribution in [3.8, 4) is 0 Å². The highest BCUT2D eigenvalue weighted by molar-refractivity contribution is 7.99. The van der Waals surface area contributed by atoms with Gasteiger partial charge in [0.25, 0.3) is 0 Å². The van der Waals surface area contributed by atoms with Crippen LogP contribution in [0.15, 0.2) is 0 Å². The molecule has 1 aliphatic rings. The average Bonchev–Trinajstić information content (AvgIpc) is 2.31. The Balaban J connectivity index is 2.27. The maximum Gasteiger partial charge on any atom is 0.171 e. The quantitative estimate of drug-likeness (QED) is 0.729. The van der Waals surface area contributed by atoms with Crippen LogP contribution in [0.3, 0.4) is 0 Å². The van der Waals surface area contributed by atoms with E-state index in [1.54, 1.807) is 14.2 Å². The Morgan fingerprint density at radius 1 is 1.12 bits per heavy atom. The normalized spacial score (nSPS) is 28.3. The molecular weight excluding hydrogens is 222 g/mol. The lowest BCUT2D eigenvalue weighted by Gasteiger charge is -2.32. The Hall–Kier alpha value is 0.230. The highest BCUT2D eigenvalue weighted by Gasteiger charge is 2.24. The SMILES string of the molecule is COC(OC)C(C)NC1CCC(SC)CC1. The maximum absolute atomic E-state index is 5.26. The molecule has 0 heterocycles. The van der Waals surface area contributed by atoms with Crippen LogP contribution in [-0.4, -0.2) is 44.1 Å². The summed E-state index contributed by atoms with van der Waals surface area (Å²) in [4.78, 5) is 0. The molecule has 1 fully saturated rings. The first kappa shape index (κ1) is 14.3. The summed E-state index contributed by atoms with van der Waals surface area (Å²) in [5, 5.41) is 4.48. The summed E-state index contributed by atoms with van der Waals surface area (Å²) in [5.41, 5.74) is 0. The number of rotatable bonds is 6. The largest absolute Gasteiger partial charge is 0.354 e. The second-order valence-corrected chi connectivity index (χ2v) is 5.64. The minimum atomic E-state index is -0.140. The fourth-order valence-corrected chi connectivity index (χ4v) is 3.16. The molecule has 0 amide bonds. The van der Waals surface area contributed by atoms with Gasteiger partial charge in [0.2, 0.25) is 0 Å². The molecule has 0 saturated heterocycles. The number of hydrogen-bond acceptors (Lipinski definition) is 4. The van der Waals surface area contributed by atoms with Crippen LogP contribution in [0.5, 0.6) is 0 Å². The van der Waals surface area contributed by atoms with E-state index in [-0.39, 0.29) is 12.3 Å². The second kappa shape index (κ2) is 7.54.